The minimum Gasteiger partial charge on any atom is -0.375 e. The molecule has 1 aliphatic rings. The number of nitrogens with zero attached hydrogens (tertiary/aromatic N) is 1. The van der Waals surface area contributed by atoms with Gasteiger partial charge in [0.15, 0.2) is 11.4 Å². The van der Waals surface area contributed by atoms with Crippen LogP contribution in [-0.4, -0.2) is 11.3 Å². The van der Waals surface area contributed by atoms with Crippen molar-refractivity contribution in [1.82, 2.24) is 4.98 Å². The lowest BCUT2D eigenvalue weighted by molar-refractivity contribution is 0.111. The number of hydrogen-bond acceptors (Lipinski definition) is 4. The fourth-order valence-corrected chi connectivity index (χ4v) is 2.38. The molecule has 2 N–H and O–H groups in total. The van der Waals surface area contributed by atoms with Crippen molar-refractivity contribution >= 4 is 22.8 Å². The van der Waals surface area contributed by atoms with Crippen LogP contribution in [0, 0.1) is 0 Å². The van der Waals surface area contributed by atoms with Crippen LogP contribution in [0.1, 0.15) is 40.5 Å². The number of anilines is 1. The second kappa shape index (κ2) is 2.86. The van der Waals surface area contributed by atoms with Crippen LogP contribution in [0.15, 0.2) is 0 Å². The molecule has 0 atom stereocenters. The standard InChI is InChI=1S/C8H10N2OS/c9-8-10-6(4-11)7(12-8)5-2-1-3-5/h4-5H,1-3H2,(H2,9,10). The van der Waals surface area contributed by atoms with Crippen LogP contribution in [0.2, 0.25) is 0 Å². The van der Waals surface area contributed by atoms with Crippen molar-refractivity contribution in [3.8, 4) is 0 Å². The summed E-state index contributed by atoms with van der Waals surface area (Å²) in [5.41, 5.74) is 6.08. The van der Waals surface area contributed by atoms with Gasteiger partial charge in [-0.3, -0.25) is 4.79 Å². The number of aldehydes is 1. The molecule has 2 rings (SSSR count). The summed E-state index contributed by atoms with van der Waals surface area (Å²) in [5, 5.41) is 0.513. The Morgan fingerprint density at radius 1 is 1.58 bits per heavy atom. The topological polar surface area (TPSA) is 56.0 Å². The first-order valence-corrected chi connectivity index (χ1v) is 4.84. The summed E-state index contributed by atoms with van der Waals surface area (Å²) in [4.78, 5) is 15.6. The van der Waals surface area contributed by atoms with E-state index in [-0.39, 0.29) is 0 Å². The van der Waals surface area contributed by atoms with Gasteiger partial charge in [0.25, 0.3) is 0 Å². The van der Waals surface area contributed by atoms with Crippen molar-refractivity contribution in [2.24, 2.45) is 0 Å². The van der Waals surface area contributed by atoms with Crippen LogP contribution >= 0.6 is 11.3 Å². The second-order valence-corrected chi connectivity index (χ2v) is 4.11. The van der Waals surface area contributed by atoms with E-state index < -0.39 is 0 Å². The van der Waals surface area contributed by atoms with E-state index in [1.807, 2.05) is 0 Å². The Balaban J connectivity index is 2.33. The van der Waals surface area contributed by atoms with Gasteiger partial charge in [-0.2, -0.15) is 0 Å². The SMILES string of the molecule is Nc1nc(C=O)c(C2CCC2)s1. The van der Waals surface area contributed by atoms with E-state index in [4.69, 9.17) is 5.73 Å². The number of carbonyl (C=O) groups excluding carboxylic acids is 1. The van der Waals surface area contributed by atoms with Gasteiger partial charge in [0, 0.05) is 4.88 Å². The number of carbonyl (C=O) groups is 1. The first-order valence-electron chi connectivity index (χ1n) is 4.02. The Morgan fingerprint density at radius 3 is 2.83 bits per heavy atom. The van der Waals surface area contributed by atoms with Crippen LogP contribution in [0.25, 0.3) is 0 Å². The number of hydrogen-bond donors (Lipinski definition) is 1. The summed E-state index contributed by atoms with van der Waals surface area (Å²) in [5.74, 6) is 0.556. The monoisotopic (exact) mass is 182 g/mol. The lowest BCUT2D eigenvalue weighted by Crippen LogP contribution is -2.08. The molecule has 0 saturated heterocycles. The van der Waals surface area contributed by atoms with Crippen LogP contribution in [0.5, 0.6) is 0 Å². The summed E-state index contributed by atoms with van der Waals surface area (Å²) < 4.78 is 0. The first-order chi connectivity index (χ1) is 5.81. The van der Waals surface area contributed by atoms with Crippen molar-refractivity contribution in [3.63, 3.8) is 0 Å². The minimum atomic E-state index is 0.513. The summed E-state index contributed by atoms with van der Waals surface area (Å²) in [7, 11) is 0. The maximum atomic E-state index is 10.6. The van der Waals surface area contributed by atoms with Gasteiger partial charge in [0.2, 0.25) is 0 Å². The van der Waals surface area contributed by atoms with Crippen molar-refractivity contribution in [2.45, 2.75) is 25.2 Å². The molecule has 0 unspecified atom stereocenters. The summed E-state index contributed by atoms with van der Waals surface area (Å²) in [6.07, 6.45) is 4.44. The van der Waals surface area contributed by atoms with E-state index in [0.29, 0.717) is 16.7 Å². The third-order valence-electron chi connectivity index (χ3n) is 2.29. The fraction of sp³-hybridized carbons (Fsp3) is 0.500. The van der Waals surface area contributed by atoms with Gasteiger partial charge in [-0.05, 0) is 18.8 Å². The number of rotatable bonds is 2. The van der Waals surface area contributed by atoms with Gasteiger partial charge in [-0.25, -0.2) is 4.98 Å². The average Bonchev–Trinajstić information content (AvgIpc) is 2.27. The molecule has 1 aliphatic carbocycles. The highest BCUT2D eigenvalue weighted by Crippen LogP contribution is 2.41. The van der Waals surface area contributed by atoms with E-state index in [9.17, 15) is 4.79 Å². The zero-order chi connectivity index (χ0) is 8.55. The largest absolute Gasteiger partial charge is 0.375 e. The maximum absolute atomic E-state index is 10.6. The van der Waals surface area contributed by atoms with Crippen LogP contribution in [0.4, 0.5) is 5.13 Å². The van der Waals surface area contributed by atoms with Gasteiger partial charge < -0.3 is 5.73 Å². The predicted molar refractivity (Wildman–Crippen MR) is 48.5 cm³/mol. The third kappa shape index (κ3) is 1.12. The van der Waals surface area contributed by atoms with Crippen molar-refractivity contribution in [1.29, 1.82) is 0 Å². The summed E-state index contributed by atoms with van der Waals surface area (Å²) in [6.45, 7) is 0. The molecule has 3 nitrogen and oxygen atoms in total. The highest BCUT2D eigenvalue weighted by atomic mass is 32.1. The lowest BCUT2D eigenvalue weighted by Gasteiger charge is -2.23. The van der Waals surface area contributed by atoms with E-state index in [1.165, 1.54) is 30.6 Å². The molecule has 1 fully saturated rings. The van der Waals surface area contributed by atoms with E-state index in [0.717, 1.165) is 11.2 Å². The molecule has 64 valence electrons. The van der Waals surface area contributed by atoms with Gasteiger partial charge in [0.05, 0.1) is 0 Å². The summed E-state index contributed by atoms with van der Waals surface area (Å²) >= 11 is 1.46. The van der Waals surface area contributed by atoms with Crippen LogP contribution < -0.4 is 5.73 Å². The molecule has 0 aliphatic heterocycles. The molecule has 0 aromatic carbocycles. The zero-order valence-electron chi connectivity index (χ0n) is 6.62. The molecule has 1 saturated carbocycles. The number of aromatic nitrogens is 1. The maximum Gasteiger partial charge on any atom is 0.180 e. The van der Waals surface area contributed by atoms with E-state index >= 15 is 0 Å². The smallest absolute Gasteiger partial charge is 0.180 e. The zero-order valence-corrected chi connectivity index (χ0v) is 7.43. The summed E-state index contributed by atoms with van der Waals surface area (Å²) in [6, 6.07) is 0. The highest BCUT2D eigenvalue weighted by Gasteiger charge is 2.24. The number of nitrogens with two attached hydrogens (primary N) is 1. The van der Waals surface area contributed by atoms with Crippen LogP contribution in [0.3, 0.4) is 0 Å². The molecule has 0 amide bonds. The quantitative estimate of drug-likeness (QED) is 0.709. The molecule has 12 heavy (non-hydrogen) atoms. The second-order valence-electron chi connectivity index (χ2n) is 3.05. The van der Waals surface area contributed by atoms with Gasteiger partial charge in [-0.1, -0.05) is 6.42 Å². The Bertz CT molecular complexity index is 304. The Hall–Kier alpha value is -0.900. The molecule has 0 radical (unpaired) electrons. The molecular formula is C8H10N2OS. The number of thiazole rings is 1. The van der Waals surface area contributed by atoms with E-state index in [1.54, 1.807) is 0 Å². The Kier molecular flexibility index (Phi) is 1.84. The Morgan fingerprint density at radius 2 is 2.33 bits per heavy atom. The molecule has 1 heterocycles. The normalized spacial score (nSPS) is 17.3. The predicted octanol–water partition coefficient (Wildman–Crippen LogP) is 1.81. The van der Waals surface area contributed by atoms with Crippen molar-refractivity contribution in [3.05, 3.63) is 10.6 Å². The molecule has 0 bridgehead atoms. The van der Waals surface area contributed by atoms with Gasteiger partial charge in [-0.15, -0.1) is 11.3 Å². The van der Waals surface area contributed by atoms with Gasteiger partial charge in [0.1, 0.15) is 5.69 Å². The lowest BCUT2D eigenvalue weighted by atomic mass is 9.84. The van der Waals surface area contributed by atoms with Crippen molar-refractivity contribution < 1.29 is 4.79 Å². The Labute approximate surface area is 74.6 Å². The third-order valence-corrected chi connectivity index (χ3v) is 3.35. The first kappa shape index (κ1) is 7.73. The molecule has 1 aromatic rings. The van der Waals surface area contributed by atoms with E-state index in [2.05, 4.69) is 4.98 Å². The molecule has 1 aromatic heterocycles. The van der Waals surface area contributed by atoms with Gasteiger partial charge >= 0.3 is 0 Å². The number of nitrogen functional groups attached to an aromatic ring is 1. The molecule has 0 spiro atoms. The molecular weight excluding hydrogens is 172 g/mol. The van der Waals surface area contributed by atoms with Crippen molar-refractivity contribution in [2.75, 3.05) is 5.73 Å². The average molecular weight is 182 g/mol. The molecule has 4 heteroatoms. The fourth-order valence-electron chi connectivity index (χ4n) is 1.41. The minimum absolute atomic E-state index is 0.513. The van der Waals surface area contributed by atoms with Crippen LogP contribution in [-0.2, 0) is 0 Å². The highest BCUT2D eigenvalue weighted by molar-refractivity contribution is 7.15.